The fourth-order valence-electron chi connectivity index (χ4n) is 2.72. The number of benzene rings is 1. The Labute approximate surface area is 133 Å². The maximum atomic E-state index is 6.20. The van der Waals surface area contributed by atoms with Crippen molar-refractivity contribution in [1.29, 1.82) is 0 Å². The molecule has 1 aromatic carbocycles. The Morgan fingerprint density at radius 1 is 1.43 bits per heavy atom. The predicted octanol–water partition coefficient (Wildman–Crippen LogP) is 4.01. The van der Waals surface area contributed by atoms with Crippen molar-refractivity contribution in [1.82, 2.24) is 15.1 Å². The van der Waals surface area contributed by atoms with Gasteiger partial charge in [0.05, 0.1) is 6.20 Å². The van der Waals surface area contributed by atoms with Crippen LogP contribution < -0.4 is 10.1 Å². The summed E-state index contributed by atoms with van der Waals surface area (Å²) in [5, 5.41) is 7.81. The summed E-state index contributed by atoms with van der Waals surface area (Å²) in [4.78, 5) is 0. The molecular formula is C16H20BrN3O. The first-order valence-corrected chi connectivity index (χ1v) is 8.05. The lowest BCUT2D eigenvalue weighted by Crippen LogP contribution is -2.26. The van der Waals surface area contributed by atoms with Crippen LogP contribution in [0.1, 0.15) is 49.6 Å². The summed E-state index contributed by atoms with van der Waals surface area (Å²) in [6.07, 6.45) is 4.96. The zero-order valence-corrected chi connectivity index (χ0v) is 14.1. The largest absolute Gasteiger partial charge is 0.485 e. The van der Waals surface area contributed by atoms with Crippen molar-refractivity contribution in [2.24, 2.45) is 0 Å². The Hall–Kier alpha value is -1.33. The fourth-order valence-corrected chi connectivity index (χ4v) is 3.06. The summed E-state index contributed by atoms with van der Waals surface area (Å²) in [6, 6.07) is 6.88. The fraction of sp³-hybridized carbons (Fsp3) is 0.438. The van der Waals surface area contributed by atoms with E-state index in [1.165, 1.54) is 5.56 Å². The number of fused-ring (bicyclic) bond motifs is 1. The minimum atomic E-state index is 0.0387. The lowest BCUT2D eigenvalue weighted by atomic mass is 9.94. The summed E-state index contributed by atoms with van der Waals surface area (Å²) in [6.45, 7) is 4.25. The molecule has 0 spiro atoms. The van der Waals surface area contributed by atoms with Gasteiger partial charge < -0.3 is 10.1 Å². The first-order chi connectivity index (χ1) is 10.1. The van der Waals surface area contributed by atoms with Crippen molar-refractivity contribution in [3.8, 4) is 5.75 Å². The number of hydrogen-bond acceptors (Lipinski definition) is 3. The van der Waals surface area contributed by atoms with Gasteiger partial charge in [-0.15, -0.1) is 0 Å². The van der Waals surface area contributed by atoms with E-state index in [9.17, 15) is 0 Å². The highest BCUT2D eigenvalue weighted by atomic mass is 79.9. The van der Waals surface area contributed by atoms with E-state index in [1.54, 1.807) is 0 Å². The summed E-state index contributed by atoms with van der Waals surface area (Å²) in [5.74, 6) is 0.942. The molecule has 1 aromatic heterocycles. The van der Waals surface area contributed by atoms with Crippen molar-refractivity contribution < 1.29 is 4.74 Å². The SMILES string of the molecule is CNC1CC(c2cnn(C(C)C)c2)Oc2cc(Br)ccc21. The van der Waals surface area contributed by atoms with Crippen LogP contribution in [-0.4, -0.2) is 16.8 Å². The Bertz CT molecular complexity index is 638. The Morgan fingerprint density at radius 3 is 2.90 bits per heavy atom. The molecule has 3 rings (SSSR count). The second-order valence-corrected chi connectivity index (χ2v) is 6.63. The van der Waals surface area contributed by atoms with Crippen LogP contribution in [0, 0.1) is 0 Å². The topological polar surface area (TPSA) is 39.1 Å². The lowest BCUT2D eigenvalue weighted by Gasteiger charge is -2.31. The quantitative estimate of drug-likeness (QED) is 0.909. The molecule has 0 aliphatic carbocycles. The molecule has 2 heterocycles. The van der Waals surface area contributed by atoms with E-state index in [4.69, 9.17) is 4.74 Å². The number of hydrogen-bond donors (Lipinski definition) is 1. The summed E-state index contributed by atoms with van der Waals surface area (Å²) in [5.41, 5.74) is 2.35. The molecule has 0 saturated heterocycles. The van der Waals surface area contributed by atoms with Crippen molar-refractivity contribution >= 4 is 15.9 Å². The van der Waals surface area contributed by atoms with Gasteiger partial charge in [-0.25, -0.2) is 0 Å². The highest BCUT2D eigenvalue weighted by molar-refractivity contribution is 9.10. The van der Waals surface area contributed by atoms with Crippen LogP contribution in [0.25, 0.3) is 0 Å². The highest BCUT2D eigenvalue weighted by Gasteiger charge is 2.29. The molecule has 1 N–H and O–H groups in total. The Kier molecular flexibility index (Phi) is 4.04. The van der Waals surface area contributed by atoms with Crippen LogP contribution in [0.4, 0.5) is 0 Å². The molecule has 112 valence electrons. The second-order valence-electron chi connectivity index (χ2n) is 5.71. The van der Waals surface area contributed by atoms with E-state index in [1.807, 2.05) is 24.0 Å². The Morgan fingerprint density at radius 2 is 2.24 bits per heavy atom. The van der Waals surface area contributed by atoms with E-state index in [0.717, 1.165) is 22.2 Å². The standard InChI is InChI=1S/C16H20BrN3O/c1-10(2)20-9-11(8-19-20)15-7-14(18-3)13-5-4-12(17)6-16(13)21-15/h4-6,8-10,14-15,18H,7H2,1-3H3. The molecule has 2 unspecified atom stereocenters. The van der Waals surface area contributed by atoms with Crippen LogP contribution in [0.15, 0.2) is 35.1 Å². The second kappa shape index (κ2) is 5.81. The van der Waals surface area contributed by atoms with Gasteiger partial charge in [-0.05, 0) is 33.0 Å². The van der Waals surface area contributed by atoms with E-state index < -0.39 is 0 Å². The number of aromatic nitrogens is 2. The van der Waals surface area contributed by atoms with Gasteiger partial charge in [-0.2, -0.15) is 5.10 Å². The maximum absolute atomic E-state index is 6.20. The van der Waals surface area contributed by atoms with Crippen LogP contribution in [0.3, 0.4) is 0 Å². The molecule has 2 atom stereocenters. The highest BCUT2D eigenvalue weighted by Crippen LogP contribution is 2.41. The van der Waals surface area contributed by atoms with Crippen LogP contribution in [-0.2, 0) is 0 Å². The normalized spacial score (nSPS) is 21.2. The zero-order valence-electron chi connectivity index (χ0n) is 12.5. The summed E-state index contributed by atoms with van der Waals surface area (Å²) < 4.78 is 9.21. The number of nitrogens with one attached hydrogen (secondary N) is 1. The van der Waals surface area contributed by atoms with Gasteiger partial charge in [0.25, 0.3) is 0 Å². The third kappa shape index (κ3) is 2.85. The molecule has 2 aromatic rings. The van der Waals surface area contributed by atoms with Crippen molar-refractivity contribution in [2.75, 3.05) is 7.05 Å². The molecule has 0 fully saturated rings. The molecule has 1 aliphatic rings. The molecule has 0 saturated carbocycles. The van der Waals surface area contributed by atoms with E-state index in [0.29, 0.717) is 12.1 Å². The minimum Gasteiger partial charge on any atom is -0.485 e. The molecule has 0 bridgehead atoms. The monoisotopic (exact) mass is 349 g/mol. The smallest absolute Gasteiger partial charge is 0.129 e. The zero-order chi connectivity index (χ0) is 15.0. The molecule has 0 radical (unpaired) electrons. The van der Waals surface area contributed by atoms with Gasteiger partial charge in [0.2, 0.25) is 0 Å². The van der Waals surface area contributed by atoms with E-state index in [-0.39, 0.29) is 6.10 Å². The van der Waals surface area contributed by atoms with Crippen molar-refractivity contribution in [3.63, 3.8) is 0 Å². The first-order valence-electron chi connectivity index (χ1n) is 7.26. The average molecular weight is 350 g/mol. The Balaban J connectivity index is 1.92. The molecule has 4 nitrogen and oxygen atoms in total. The maximum Gasteiger partial charge on any atom is 0.129 e. The van der Waals surface area contributed by atoms with Gasteiger partial charge in [0.1, 0.15) is 11.9 Å². The summed E-state index contributed by atoms with van der Waals surface area (Å²) >= 11 is 3.51. The van der Waals surface area contributed by atoms with Crippen LogP contribution in [0.5, 0.6) is 5.75 Å². The predicted molar refractivity (Wildman–Crippen MR) is 86.5 cm³/mol. The lowest BCUT2D eigenvalue weighted by molar-refractivity contribution is 0.153. The summed E-state index contributed by atoms with van der Waals surface area (Å²) in [7, 11) is 2.00. The number of rotatable bonds is 3. The first kappa shape index (κ1) is 14.6. The average Bonchev–Trinajstić information content (AvgIpc) is 2.95. The third-order valence-corrected chi connectivity index (χ3v) is 4.43. The van der Waals surface area contributed by atoms with Gasteiger partial charge >= 0.3 is 0 Å². The van der Waals surface area contributed by atoms with Crippen LogP contribution >= 0.6 is 15.9 Å². The van der Waals surface area contributed by atoms with Crippen molar-refractivity contribution in [3.05, 3.63) is 46.2 Å². The molecular weight excluding hydrogens is 330 g/mol. The molecule has 0 amide bonds. The minimum absolute atomic E-state index is 0.0387. The number of ether oxygens (including phenoxy) is 1. The van der Waals surface area contributed by atoms with Crippen molar-refractivity contribution in [2.45, 2.75) is 38.5 Å². The van der Waals surface area contributed by atoms with Crippen LogP contribution in [0.2, 0.25) is 0 Å². The molecule has 21 heavy (non-hydrogen) atoms. The number of nitrogens with zero attached hydrogens (tertiary/aromatic N) is 2. The van der Waals surface area contributed by atoms with Gasteiger partial charge in [-0.1, -0.05) is 22.0 Å². The van der Waals surface area contributed by atoms with Gasteiger partial charge in [-0.3, -0.25) is 4.68 Å². The molecule has 5 heteroatoms. The van der Waals surface area contributed by atoms with E-state index in [2.05, 4.69) is 58.5 Å². The van der Waals surface area contributed by atoms with Gasteiger partial charge in [0.15, 0.2) is 0 Å². The molecule has 1 aliphatic heterocycles. The number of halogens is 1. The van der Waals surface area contributed by atoms with E-state index >= 15 is 0 Å². The van der Waals surface area contributed by atoms with Gasteiger partial charge in [0, 0.05) is 40.3 Å². The third-order valence-electron chi connectivity index (χ3n) is 3.94.